The largest absolute Gasteiger partial charge is 0.483 e. The Balaban J connectivity index is 2.70. The third-order valence-electron chi connectivity index (χ3n) is 1.58. The van der Waals surface area contributed by atoms with E-state index in [-0.39, 0.29) is 0 Å². The molecule has 0 radical (unpaired) electrons. The van der Waals surface area contributed by atoms with E-state index in [0.29, 0.717) is 6.42 Å². The predicted octanol–water partition coefficient (Wildman–Crippen LogP) is 1.83. The molecular formula is C7H9ClO2. The summed E-state index contributed by atoms with van der Waals surface area (Å²) >= 11 is 5.29. The zero-order valence-corrected chi connectivity index (χ0v) is 6.73. The van der Waals surface area contributed by atoms with Gasteiger partial charge in [0.15, 0.2) is 5.60 Å². The average Bonchev–Trinajstić information content (AvgIpc) is 2.13. The molecule has 0 N–H and O–H groups in total. The second kappa shape index (κ2) is 2.27. The Morgan fingerprint density at radius 3 is 2.70 bits per heavy atom. The van der Waals surface area contributed by atoms with Crippen molar-refractivity contribution in [3.63, 3.8) is 0 Å². The van der Waals surface area contributed by atoms with Crippen molar-refractivity contribution >= 4 is 16.8 Å². The molecule has 3 heteroatoms. The first kappa shape index (κ1) is 7.61. The SMILES string of the molecule is CC1=CCC(C)(C(=O)Cl)O1. The molecule has 1 heterocycles. The number of carbonyl (C=O) groups excluding carboxylic acids is 1. The fourth-order valence-electron chi connectivity index (χ4n) is 0.898. The molecule has 0 saturated heterocycles. The van der Waals surface area contributed by atoms with Gasteiger partial charge in [-0.1, -0.05) is 0 Å². The second-order valence-electron chi connectivity index (χ2n) is 2.63. The molecule has 10 heavy (non-hydrogen) atoms. The lowest BCUT2D eigenvalue weighted by atomic mass is 10.1. The highest BCUT2D eigenvalue weighted by atomic mass is 35.5. The highest BCUT2D eigenvalue weighted by Gasteiger charge is 2.36. The molecule has 2 nitrogen and oxygen atoms in total. The molecule has 0 spiro atoms. The minimum Gasteiger partial charge on any atom is -0.483 e. The number of hydrogen-bond acceptors (Lipinski definition) is 2. The summed E-state index contributed by atoms with van der Waals surface area (Å²) in [6, 6.07) is 0. The molecular weight excluding hydrogens is 152 g/mol. The first-order valence-corrected chi connectivity index (χ1v) is 3.48. The van der Waals surface area contributed by atoms with Crippen LogP contribution in [0.15, 0.2) is 11.8 Å². The van der Waals surface area contributed by atoms with Crippen LogP contribution in [-0.4, -0.2) is 10.8 Å². The van der Waals surface area contributed by atoms with Crippen LogP contribution in [-0.2, 0) is 9.53 Å². The Morgan fingerprint density at radius 2 is 2.50 bits per heavy atom. The number of allylic oxidation sites excluding steroid dienone is 1. The van der Waals surface area contributed by atoms with Gasteiger partial charge < -0.3 is 4.74 Å². The van der Waals surface area contributed by atoms with Crippen LogP contribution in [0, 0.1) is 0 Å². The molecule has 56 valence electrons. The lowest BCUT2D eigenvalue weighted by Crippen LogP contribution is -2.30. The van der Waals surface area contributed by atoms with Crippen molar-refractivity contribution < 1.29 is 9.53 Å². The summed E-state index contributed by atoms with van der Waals surface area (Å²) < 4.78 is 5.19. The Hall–Kier alpha value is -0.500. The lowest BCUT2D eigenvalue weighted by Gasteiger charge is -2.19. The quantitative estimate of drug-likeness (QED) is 0.547. The molecule has 1 atom stereocenters. The van der Waals surface area contributed by atoms with Crippen LogP contribution in [0.1, 0.15) is 20.3 Å². The summed E-state index contributed by atoms with van der Waals surface area (Å²) in [7, 11) is 0. The lowest BCUT2D eigenvalue weighted by molar-refractivity contribution is -0.127. The molecule has 1 rings (SSSR count). The fourth-order valence-corrected chi connectivity index (χ4v) is 1.01. The monoisotopic (exact) mass is 160 g/mol. The van der Waals surface area contributed by atoms with E-state index in [4.69, 9.17) is 16.3 Å². The number of ether oxygens (including phenoxy) is 1. The maximum Gasteiger partial charge on any atom is 0.265 e. The Labute approximate surface area is 64.8 Å². The van der Waals surface area contributed by atoms with Crippen molar-refractivity contribution in [1.29, 1.82) is 0 Å². The number of carbonyl (C=O) groups is 1. The normalized spacial score (nSPS) is 31.3. The zero-order valence-electron chi connectivity index (χ0n) is 5.98. The van der Waals surface area contributed by atoms with Crippen molar-refractivity contribution in [2.75, 3.05) is 0 Å². The van der Waals surface area contributed by atoms with Gasteiger partial charge >= 0.3 is 0 Å². The van der Waals surface area contributed by atoms with E-state index in [0.717, 1.165) is 5.76 Å². The summed E-state index contributed by atoms with van der Waals surface area (Å²) in [5.41, 5.74) is -0.800. The van der Waals surface area contributed by atoms with Crippen LogP contribution in [0.25, 0.3) is 0 Å². The van der Waals surface area contributed by atoms with Crippen molar-refractivity contribution in [3.05, 3.63) is 11.8 Å². The first-order valence-electron chi connectivity index (χ1n) is 3.10. The van der Waals surface area contributed by atoms with E-state index in [1.807, 2.05) is 13.0 Å². The fraction of sp³-hybridized carbons (Fsp3) is 0.571. The van der Waals surface area contributed by atoms with E-state index in [2.05, 4.69) is 0 Å². The highest BCUT2D eigenvalue weighted by Crippen LogP contribution is 2.29. The minimum absolute atomic E-state index is 0.430. The van der Waals surface area contributed by atoms with E-state index in [1.54, 1.807) is 6.92 Å². The van der Waals surface area contributed by atoms with Gasteiger partial charge in [0.05, 0.1) is 5.76 Å². The van der Waals surface area contributed by atoms with E-state index in [1.165, 1.54) is 0 Å². The second-order valence-corrected chi connectivity index (χ2v) is 2.97. The van der Waals surface area contributed by atoms with Crippen LogP contribution in [0.2, 0.25) is 0 Å². The molecule has 0 saturated carbocycles. The Morgan fingerprint density at radius 1 is 1.90 bits per heavy atom. The van der Waals surface area contributed by atoms with Gasteiger partial charge in [-0.15, -0.1) is 0 Å². The summed E-state index contributed by atoms with van der Waals surface area (Å²) in [6.45, 7) is 3.50. The van der Waals surface area contributed by atoms with Crippen LogP contribution >= 0.6 is 11.6 Å². The maximum atomic E-state index is 10.7. The summed E-state index contributed by atoms with van der Waals surface area (Å²) in [6.07, 6.45) is 2.45. The molecule has 0 aromatic heterocycles. The number of hydrogen-bond donors (Lipinski definition) is 0. The summed E-state index contributed by atoms with van der Waals surface area (Å²) in [4.78, 5) is 10.7. The Kier molecular flexibility index (Phi) is 1.73. The molecule has 1 aliphatic heterocycles. The smallest absolute Gasteiger partial charge is 0.265 e. The molecule has 1 unspecified atom stereocenters. The molecule has 0 aliphatic carbocycles. The van der Waals surface area contributed by atoms with Gasteiger partial charge in [-0.2, -0.15) is 0 Å². The molecule has 0 aromatic rings. The van der Waals surface area contributed by atoms with Crippen LogP contribution < -0.4 is 0 Å². The van der Waals surface area contributed by atoms with Gasteiger partial charge in [0, 0.05) is 6.42 Å². The van der Waals surface area contributed by atoms with Crippen molar-refractivity contribution in [2.24, 2.45) is 0 Å². The van der Waals surface area contributed by atoms with Crippen LogP contribution in [0.3, 0.4) is 0 Å². The molecule has 0 fully saturated rings. The Bertz CT molecular complexity index is 198. The zero-order chi connectivity index (χ0) is 7.78. The first-order chi connectivity index (χ1) is 4.54. The third kappa shape index (κ3) is 1.16. The number of halogens is 1. The van der Waals surface area contributed by atoms with Crippen molar-refractivity contribution in [2.45, 2.75) is 25.9 Å². The standard InChI is InChI=1S/C7H9ClO2/c1-5-3-4-7(2,10-5)6(8)9/h3H,4H2,1-2H3. The van der Waals surface area contributed by atoms with Crippen molar-refractivity contribution in [1.82, 2.24) is 0 Å². The molecule has 1 aliphatic rings. The summed E-state index contributed by atoms with van der Waals surface area (Å²) in [5, 5.41) is -0.430. The average molecular weight is 161 g/mol. The van der Waals surface area contributed by atoms with Gasteiger partial charge in [0.25, 0.3) is 5.24 Å². The van der Waals surface area contributed by atoms with E-state index >= 15 is 0 Å². The van der Waals surface area contributed by atoms with Gasteiger partial charge in [-0.3, -0.25) is 4.79 Å². The van der Waals surface area contributed by atoms with Crippen molar-refractivity contribution in [3.8, 4) is 0 Å². The molecule has 0 amide bonds. The highest BCUT2D eigenvalue weighted by molar-refractivity contribution is 6.65. The molecule has 0 aromatic carbocycles. The number of rotatable bonds is 1. The topological polar surface area (TPSA) is 26.3 Å². The maximum absolute atomic E-state index is 10.7. The van der Waals surface area contributed by atoms with Gasteiger partial charge in [0.2, 0.25) is 0 Å². The van der Waals surface area contributed by atoms with Gasteiger partial charge in [-0.05, 0) is 31.5 Å². The minimum atomic E-state index is -0.800. The predicted molar refractivity (Wildman–Crippen MR) is 38.7 cm³/mol. The van der Waals surface area contributed by atoms with E-state index < -0.39 is 10.8 Å². The van der Waals surface area contributed by atoms with Crippen LogP contribution in [0.4, 0.5) is 0 Å². The van der Waals surface area contributed by atoms with Gasteiger partial charge in [-0.25, -0.2) is 0 Å². The third-order valence-corrected chi connectivity index (χ3v) is 1.98. The molecule has 0 bridgehead atoms. The van der Waals surface area contributed by atoms with Gasteiger partial charge in [0.1, 0.15) is 0 Å². The van der Waals surface area contributed by atoms with E-state index in [9.17, 15) is 4.79 Å². The summed E-state index contributed by atoms with van der Waals surface area (Å²) in [5.74, 6) is 0.775. The van der Waals surface area contributed by atoms with Crippen LogP contribution in [0.5, 0.6) is 0 Å².